The Labute approximate surface area is 59.7 Å². The molecule has 3 nitrogen and oxygen atoms in total. The van der Waals surface area contributed by atoms with Crippen molar-refractivity contribution >= 4 is 5.91 Å². The Hall–Kier alpha value is -1.17. The summed E-state index contributed by atoms with van der Waals surface area (Å²) in [5.74, 6) is 2.81. The highest BCUT2D eigenvalue weighted by Crippen LogP contribution is 2.00. The average Bonchev–Trinajstić information content (AvgIpc) is 1.85. The molecule has 1 fully saturated rings. The Balaban J connectivity index is 2.16. The van der Waals surface area contributed by atoms with Gasteiger partial charge in [0.15, 0.2) is 0 Å². The van der Waals surface area contributed by atoms with Gasteiger partial charge in [0, 0.05) is 0 Å². The summed E-state index contributed by atoms with van der Waals surface area (Å²) in [6.45, 7) is 2.46. The smallest absolute Gasteiger partial charge is 0.224 e. The van der Waals surface area contributed by atoms with Crippen LogP contribution in [0, 0.1) is 12.0 Å². The normalized spacial score (nSPS) is 21.7. The summed E-state index contributed by atoms with van der Waals surface area (Å²) in [5.41, 5.74) is 0. The van der Waals surface area contributed by atoms with Crippen LogP contribution in [0.25, 0.3) is 0 Å². The van der Waals surface area contributed by atoms with Gasteiger partial charge in [0.1, 0.15) is 12.1 Å². The lowest BCUT2D eigenvalue weighted by Crippen LogP contribution is -2.47. The third-order valence-corrected chi connectivity index (χ3v) is 1.17. The molecular formula is C7H9NO2. The van der Waals surface area contributed by atoms with Crippen molar-refractivity contribution in [2.75, 3.05) is 6.61 Å². The van der Waals surface area contributed by atoms with Gasteiger partial charge in [-0.1, -0.05) is 0 Å². The SMILES string of the molecule is CCOC#CC1CC(=O)N1. The number of ether oxygens (including phenoxy) is 1. The third-order valence-electron chi connectivity index (χ3n) is 1.17. The third kappa shape index (κ3) is 1.66. The molecule has 0 bridgehead atoms. The minimum atomic E-state index is 0.0269. The fraction of sp³-hybridized carbons (Fsp3) is 0.571. The Morgan fingerprint density at radius 2 is 2.60 bits per heavy atom. The van der Waals surface area contributed by atoms with Gasteiger partial charge in [-0.3, -0.25) is 4.79 Å². The number of rotatable bonds is 1. The van der Waals surface area contributed by atoms with Crippen molar-refractivity contribution < 1.29 is 9.53 Å². The second-order valence-electron chi connectivity index (χ2n) is 2.00. The van der Waals surface area contributed by atoms with E-state index < -0.39 is 0 Å². The van der Waals surface area contributed by atoms with Crippen molar-refractivity contribution in [2.45, 2.75) is 19.4 Å². The highest BCUT2D eigenvalue weighted by atomic mass is 16.5. The molecule has 0 saturated carbocycles. The second-order valence-corrected chi connectivity index (χ2v) is 2.00. The van der Waals surface area contributed by atoms with E-state index >= 15 is 0 Å². The molecule has 54 valence electrons. The van der Waals surface area contributed by atoms with Crippen LogP contribution >= 0.6 is 0 Å². The molecule has 1 aliphatic heterocycles. The molecule has 1 unspecified atom stereocenters. The number of carbonyl (C=O) groups excluding carboxylic acids is 1. The minimum absolute atomic E-state index is 0.0269. The summed E-state index contributed by atoms with van der Waals surface area (Å²) < 4.78 is 4.76. The molecule has 1 aliphatic rings. The lowest BCUT2D eigenvalue weighted by molar-refractivity contribution is -0.126. The quantitative estimate of drug-likeness (QED) is 0.406. The largest absolute Gasteiger partial charge is 0.447 e. The molecular weight excluding hydrogens is 130 g/mol. The van der Waals surface area contributed by atoms with E-state index in [-0.39, 0.29) is 11.9 Å². The van der Waals surface area contributed by atoms with Crippen LogP contribution in [-0.2, 0) is 9.53 Å². The highest BCUT2D eigenvalue weighted by Gasteiger charge is 2.22. The van der Waals surface area contributed by atoms with E-state index in [2.05, 4.69) is 17.3 Å². The molecule has 10 heavy (non-hydrogen) atoms. The van der Waals surface area contributed by atoms with E-state index in [1.54, 1.807) is 0 Å². The van der Waals surface area contributed by atoms with Crippen LogP contribution in [0.2, 0.25) is 0 Å². The van der Waals surface area contributed by atoms with Crippen molar-refractivity contribution in [1.29, 1.82) is 0 Å². The summed E-state index contributed by atoms with van der Waals surface area (Å²) >= 11 is 0. The molecule has 0 aromatic carbocycles. The first-order valence-electron chi connectivity index (χ1n) is 3.24. The van der Waals surface area contributed by atoms with Gasteiger partial charge in [0.05, 0.1) is 13.0 Å². The van der Waals surface area contributed by atoms with Crippen molar-refractivity contribution in [1.82, 2.24) is 5.32 Å². The molecule has 0 aliphatic carbocycles. The van der Waals surface area contributed by atoms with E-state index in [0.29, 0.717) is 13.0 Å². The summed E-state index contributed by atoms with van der Waals surface area (Å²) in [7, 11) is 0. The van der Waals surface area contributed by atoms with E-state index in [1.165, 1.54) is 0 Å². The summed E-state index contributed by atoms with van der Waals surface area (Å²) in [6, 6.07) is 0.0269. The zero-order valence-electron chi connectivity index (χ0n) is 5.81. The molecule has 0 aromatic rings. The van der Waals surface area contributed by atoms with Gasteiger partial charge in [-0.05, 0) is 12.8 Å². The molecule has 1 saturated heterocycles. The van der Waals surface area contributed by atoms with Crippen LogP contribution in [0.15, 0.2) is 0 Å². The van der Waals surface area contributed by atoms with Crippen molar-refractivity contribution in [3.05, 3.63) is 0 Å². The fourth-order valence-electron chi connectivity index (χ4n) is 0.631. The Bertz CT molecular complexity index is 182. The maximum Gasteiger partial charge on any atom is 0.224 e. The number of hydrogen-bond acceptors (Lipinski definition) is 2. The van der Waals surface area contributed by atoms with E-state index in [9.17, 15) is 4.79 Å². The maximum atomic E-state index is 10.3. The zero-order chi connectivity index (χ0) is 7.40. The van der Waals surface area contributed by atoms with Crippen LogP contribution in [0.3, 0.4) is 0 Å². The summed E-state index contributed by atoms with van der Waals surface area (Å²) in [6.07, 6.45) is 3.01. The molecule has 0 spiro atoms. The maximum absolute atomic E-state index is 10.3. The van der Waals surface area contributed by atoms with Crippen molar-refractivity contribution in [3.63, 3.8) is 0 Å². The van der Waals surface area contributed by atoms with Gasteiger partial charge >= 0.3 is 0 Å². The topological polar surface area (TPSA) is 38.3 Å². The number of β-lactam (4-membered cyclic amide) rings is 1. The van der Waals surface area contributed by atoms with Crippen LogP contribution in [-0.4, -0.2) is 18.6 Å². The molecule has 1 atom stereocenters. The molecule has 3 heteroatoms. The van der Waals surface area contributed by atoms with Gasteiger partial charge in [-0.25, -0.2) is 0 Å². The Morgan fingerprint density at radius 1 is 1.90 bits per heavy atom. The predicted octanol–water partition coefficient (Wildman–Crippen LogP) is -0.128. The monoisotopic (exact) mass is 139 g/mol. The molecule has 1 rings (SSSR count). The minimum Gasteiger partial charge on any atom is -0.447 e. The van der Waals surface area contributed by atoms with Gasteiger partial charge < -0.3 is 10.1 Å². The zero-order valence-corrected chi connectivity index (χ0v) is 5.81. The van der Waals surface area contributed by atoms with Gasteiger partial charge in [-0.15, -0.1) is 0 Å². The van der Waals surface area contributed by atoms with Gasteiger partial charge in [-0.2, -0.15) is 0 Å². The number of hydrogen-bond donors (Lipinski definition) is 1. The lowest BCUT2D eigenvalue weighted by atomic mass is 10.1. The van der Waals surface area contributed by atoms with Crippen molar-refractivity contribution in [2.24, 2.45) is 0 Å². The fourth-order valence-corrected chi connectivity index (χ4v) is 0.631. The predicted molar refractivity (Wildman–Crippen MR) is 35.9 cm³/mol. The van der Waals surface area contributed by atoms with Crippen LogP contribution in [0.4, 0.5) is 0 Å². The molecule has 1 heterocycles. The highest BCUT2D eigenvalue weighted by molar-refractivity contribution is 5.84. The summed E-state index contributed by atoms with van der Waals surface area (Å²) in [4.78, 5) is 10.3. The summed E-state index contributed by atoms with van der Waals surface area (Å²) in [5, 5.41) is 2.61. The lowest BCUT2D eigenvalue weighted by Gasteiger charge is -2.20. The average molecular weight is 139 g/mol. The molecule has 1 amide bonds. The Morgan fingerprint density at radius 3 is 3.10 bits per heavy atom. The number of carbonyl (C=O) groups is 1. The first-order valence-corrected chi connectivity index (χ1v) is 3.24. The number of amides is 1. The second kappa shape index (κ2) is 3.11. The standard InChI is InChI=1S/C7H9NO2/c1-2-10-4-3-6-5-7(9)8-6/h6H,2,5H2,1H3,(H,8,9). The molecule has 0 radical (unpaired) electrons. The van der Waals surface area contributed by atoms with Gasteiger partial charge in [0.2, 0.25) is 5.91 Å². The van der Waals surface area contributed by atoms with Crippen LogP contribution in [0.1, 0.15) is 13.3 Å². The first-order chi connectivity index (χ1) is 4.83. The Kier molecular flexibility index (Phi) is 2.16. The molecule has 1 N–H and O–H groups in total. The van der Waals surface area contributed by atoms with Crippen molar-refractivity contribution in [3.8, 4) is 12.0 Å². The van der Waals surface area contributed by atoms with Crippen LogP contribution in [0.5, 0.6) is 0 Å². The van der Waals surface area contributed by atoms with Gasteiger partial charge in [0.25, 0.3) is 0 Å². The van der Waals surface area contributed by atoms with E-state index in [1.807, 2.05) is 6.92 Å². The van der Waals surface area contributed by atoms with Crippen LogP contribution < -0.4 is 5.32 Å². The molecule has 0 aromatic heterocycles. The van der Waals surface area contributed by atoms with E-state index in [4.69, 9.17) is 4.74 Å². The first kappa shape index (κ1) is 6.94. The van der Waals surface area contributed by atoms with E-state index in [0.717, 1.165) is 0 Å². The number of nitrogens with one attached hydrogen (secondary N) is 1.